The number of rotatable bonds is 1. The average molecular weight is 441 g/mol. The van der Waals surface area contributed by atoms with E-state index in [4.69, 9.17) is 24.0 Å². The Kier molecular flexibility index (Phi) is 4.47. The third kappa shape index (κ3) is 2.47. The normalized spacial score (nSPS) is 50.6. The van der Waals surface area contributed by atoms with E-state index in [0.717, 1.165) is 31.3 Å². The SMILES string of the molecule is C=C1C=C[C@@]2(C)C(=C1)CC[C@@H]1[C@@H]2/C(=N\N(C)C)C[C@@]2(C)[C@H]1CC[C@@]21OCOC12COCO2. The average Bonchev–Trinajstić information content (AvgIpc) is 3.43. The molecule has 32 heavy (non-hydrogen) atoms. The highest BCUT2D eigenvalue weighted by Gasteiger charge is 2.76. The molecule has 0 aromatic heterocycles. The van der Waals surface area contributed by atoms with Gasteiger partial charge in [0.1, 0.15) is 12.2 Å². The molecule has 0 radical (unpaired) electrons. The van der Waals surface area contributed by atoms with Crippen LogP contribution in [0.1, 0.15) is 46.0 Å². The van der Waals surface area contributed by atoms with E-state index < -0.39 is 11.4 Å². The number of hydrogen-bond acceptors (Lipinski definition) is 6. The molecule has 0 aromatic rings. The summed E-state index contributed by atoms with van der Waals surface area (Å²) in [5, 5.41) is 7.12. The molecule has 2 heterocycles. The van der Waals surface area contributed by atoms with Crippen molar-refractivity contribution in [2.75, 3.05) is 34.3 Å². The lowest BCUT2D eigenvalue weighted by molar-refractivity contribution is -0.242. The molecular weight excluding hydrogens is 404 g/mol. The largest absolute Gasteiger partial charge is 0.350 e. The summed E-state index contributed by atoms with van der Waals surface area (Å²) in [4.78, 5) is 0. The highest BCUT2D eigenvalue weighted by Crippen LogP contribution is 2.70. The third-order valence-electron chi connectivity index (χ3n) is 9.70. The fourth-order valence-electron chi connectivity index (χ4n) is 8.47. The van der Waals surface area contributed by atoms with Crippen LogP contribution < -0.4 is 0 Å². The van der Waals surface area contributed by atoms with E-state index in [9.17, 15) is 0 Å². The summed E-state index contributed by atoms with van der Waals surface area (Å²) in [6, 6.07) is 0. The molecule has 5 fully saturated rings. The molecule has 2 aliphatic heterocycles. The quantitative estimate of drug-likeness (QED) is 0.571. The summed E-state index contributed by atoms with van der Waals surface area (Å²) in [5.74, 6) is 0.682. The van der Waals surface area contributed by atoms with Gasteiger partial charge in [-0.15, -0.1) is 0 Å². The van der Waals surface area contributed by atoms with Crippen molar-refractivity contribution in [1.82, 2.24) is 5.01 Å². The van der Waals surface area contributed by atoms with Gasteiger partial charge in [-0.05, 0) is 49.5 Å². The fraction of sp³-hybridized carbons (Fsp3) is 0.731. The molecule has 2 saturated heterocycles. The van der Waals surface area contributed by atoms with E-state index in [1.54, 1.807) is 0 Å². The zero-order valence-electron chi connectivity index (χ0n) is 19.9. The Morgan fingerprint density at radius 1 is 1.12 bits per heavy atom. The van der Waals surface area contributed by atoms with Crippen molar-refractivity contribution in [1.29, 1.82) is 0 Å². The van der Waals surface area contributed by atoms with Crippen LogP contribution in [0.5, 0.6) is 0 Å². The summed E-state index contributed by atoms with van der Waals surface area (Å²) in [7, 11) is 4.07. The molecule has 3 saturated carbocycles. The predicted octanol–water partition coefficient (Wildman–Crippen LogP) is 4.25. The summed E-state index contributed by atoms with van der Waals surface area (Å²) in [5.41, 5.74) is 3.29. The molecule has 6 aliphatic rings. The van der Waals surface area contributed by atoms with Crippen molar-refractivity contribution >= 4 is 5.71 Å². The van der Waals surface area contributed by atoms with Crippen LogP contribution >= 0.6 is 0 Å². The Balaban J connectivity index is 1.48. The van der Waals surface area contributed by atoms with Gasteiger partial charge in [0.2, 0.25) is 5.79 Å². The van der Waals surface area contributed by atoms with E-state index in [1.807, 2.05) is 19.1 Å². The van der Waals surface area contributed by atoms with Crippen molar-refractivity contribution in [3.05, 3.63) is 36.0 Å². The van der Waals surface area contributed by atoms with Gasteiger partial charge in [0.05, 0.1) is 0 Å². The first-order valence-corrected chi connectivity index (χ1v) is 12.1. The lowest BCUT2D eigenvalue weighted by Crippen LogP contribution is -2.65. The fourth-order valence-corrected chi connectivity index (χ4v) is 8.47. The van der Waals surface area contributed by atoms with Crippen LogP contribution in [0.4, 0.5) is 0 Å². The highest BCUT2D eigenvalue weighted by atomic mass is 16.9. The van der Waals surface area contributed by atoms with Gasteiger partial charge < -0.3 is 24.0 Å². The maximum Gasteiger partial charge on any atom is 0.226 e. The predicted molar refractivity (Wildman–Crippen MR) is 122 cm³/mol. The monoisotopic (exact) mass is 440 g/mol. The van der Waals surface area contributed by atoms with Gasteiger partial charge in [-0.1, -0.05) is 44.2 Å². The van der Waals surface area contributed by atoms with Crippen LogP contribution in [0.15, 0.2) is 41.1 Å². The number of hydrazone groups is 1. The molecule has 4 aliphatic carbocycles. The second kappa shape index (κ2) is 6.78. The molecule has 0 N–H and O–H groups in total. The van der Waals surface area contributed by atoms with Crippen LogP contribution in [0.2, 0.25) is 0 Å². The van der Waals surface area contributed by atoms with Crippen molar-refractivity contribution in [3.8, 4) is 0 Å². The van der Waals surface area contributed by atoms with Crippen molar-refractivity contribution in [2.24, 2.45) is 33.7 Å². The Morgan fingerprint density at radius 2 is 1.94 bits per heavy atom. The summed E-state index contributed by atoms with van der Waals surface area (Å²) >= 11 is 0. The van der Waals surface area contributed by atoms with E-state index in [2.05, 4.69) is 38.7 Å². The molecule has 6 nitrogen and oxygen atoms in total. The maximum absolute atomic E-state index is 6.56. The minimum Gasteiger partial charge on any atom is -0.350 e. The van der Waals surface area contributed by atoms with Gasteiger partial charge in [-0.2, -0.15) is 5.10 Å². The van der Waals surface area contributed by atoms with Crippen molar-refractivity contribution in [2.45, 2.75) is 57.3 Å². The standard InChI is InChI=1S/C26H36N2O4/c1-17-8-10-23(2)18(12-17)6-7-19-20-9-11-25(26(32-16-30-25)14-29-15-31-26)24(20,3)13-21(22(19)23)27-28(4)5/h8,10,12,19-20,22H,1,6-7,9,11,13-16H2,2-5H3/b27-21-/t19-,20-,22+,23-,24-,25+,26?/m0/s1. The highest BCUT2D eigenvalue weighted by molar-refractivity contribution is 5.90. The van der Waals surface area contributed by atoms with Crippen LogP contribution in [-0.4, -0.2) is 56.4 Å². The topological polar surface area (TPSA) is 52.5 Å². The molecular formula is C26H36N2O4. The van der Waals surface area contributed by atoms with E-state index in [0.29, 0.717) is 24.4 Å². The molecule has 6 heteroatoms. The van der Waals surface area contributed by atoms with Crippen LogP contribution in [0, 0.1) is 28.6 Å². The first-order valence-electron chi connectivity index (χ1n) is 12.1. The lowest BCUT2D eigenvalue weighted by Gasteiger charge is -2.59. The summed E-state index contributed by atoms with van der Waals surface area (Å²) in [6.07, 6.45) is 12.2. The van der Waals surface area contributed by atoms with Gasteiger partial charge in [-0.25, -0.2) is 0 Å². The van der Waals surface area contributed by atoms with Crippen molar-refractivity contribution < 1.29 is 18.9 Å². The summed E-state index contributed by atoms with van der Waals surface area (Å²) in [6.45, 7) is 10.0. The Labute approximate surface area is 191 Å². The Hall–Kier alpha value is -1.47. The first-order chi connectivity index (χ1) is 15.2. The third-order valence-corrected chi connectivity index (χ3v) is 9.70. The molecule has 7 atom stereocenters. The van der Waals surface area contributed by atoms with Crippen LogP contribution in [0.25, 0.3) is 0 Å². The first kappa shape index (κ1) is 21.1. The van der Waals surface area contributed by atoms with Crippen molar-refractivity contribution in [3.63, 3.8) is 0 Å². The molecule has 2 spiro atoms. The number of ether oxygens (including phenoxy) is 4. The molecule has 174 valence electrons. The molecule has 0 bridgehead atoms. The zero-order chi connectivity index (χ0) is 22.4. The number of fused-ring (bicyclic) bond motifs is 7. The van der Waals surface area contributed by atoms with Gasteiger partial charge in [0, 0.05) is 36.6 Å². The molecule has 6 rings (SSSR count). The number of nitrogens with zero attached hydrogens (tertiary/aromatic N) is 2. The van der Waals surface area contributed by atoms with E-state index >= 15 is 0 Å². The van der Waals surface area contributed by atoms with E-state index in [-0.39, 0.29) is 24.4 Å². The second-order valence-electron chi connectivity index (χ2n) is 11.3. The van der Waals surface area contributed by atoms with Gasteiger partial charge in [0.15, 0.2) is 13.6 Å². The van der Waals surface area contributed by atoms with Crippen LogP contribution in [-0.2, 0) is 18.9 Å². The molecule has 0 amide bonds. The second-order valence-corrected chi connectivity index (χ2v) is 11.3. The maximum atomic E-state index is 6.56. The lowest BCUT2D eigenvalue weighted by atomic mass is 9.46. The Bertz CT molecular complexity index is 927. The minimum atomic E-state index is -0.793. The smallest absolute Gasteiger partial charge is 0.226 e. The van der Waals surface area contributed by atoms with Gasteiger partial charge in [0.25, 0.3) is 0 Å². The molecule has 1 unspecified atom stereocenters. The van der Waals surface area contributed by atoms with E-state index in [1.165, 1.54) is 17.7 Å². The minimum absolute atomic E-state index is 0.00623. The molecule has 0 aromatic carbocycles. The Morgan fingerprint density at radius 3 is 2.69 bits per heavy atom. The van der Waals surface area contributed by atoms with Gasteiger partial charge >= 0.3 is 0 Å². The number of hydrogen-bond donors (Lipinski definition) is 0. The van der Waals surface area contributed by atoms with Gasteiger partial charge in [-0.3, -0.25) is 0 Å². The number of allylic oxidation sites excluding steroid dienone is 5. The van der Waals surface area contributed by atoms with Crippen LogP contribution in [0.3, 0.4) is 0 Å². The zero-order valence-corrected chi connectivity index (χ0v) is 19.9. The summed E-state index contributed by atoms with van der Waals surface area (Å²) < 4.78 is 24.6.